The number of pyridine rings is 1. The van der Waals surface area contributed by atoms with Crippen molar-refractivity contribution in [2.45, 2.75) is 24.8 Å². The summed E-state index contributed by atoms with van der Waals surface area (Å²) in [6.45, 7) is 1.08. The van der Waals surface area contributed by atoms with Gasteiger partial charge in [0.05, 0.1) is 14.2 Å². The third-order valence-corrected chi connectivity index (χ3v) is 5.24. The Labute approximate surface area is 136 Å². The smallest absolute Gasteiger partial charge is 0.161 e. The SMILES string of the molecule is COc1cc2c(cc1OC)[C@H]1NCCC[C@H]1[C@@H]2c1cccnc1. The summed E-state index contributed by atoms with van der Waals surface area (Å²) in [5, 5.41) is 3.71. The van der Waals surface area contributed by atoms with Gasteiger partial charge in [-0.2, -0.15) is 0 Å². The van der Waals surface area contributed by atoms with E-state index in [1.54, 1.807) is 14.2 Å². The summed E-state index contributed by atoms with van der Waals surface area (Å²) in [4.78, 5) is 4.34. The van der Waals surface area contributed by atoms with Crippen molar-refractivity contribution >= 4 is 0 Å². The predicted molar refractivity (Wildman–Crippen MR) is 89.1 cm³/mol. The summed E-state index contributed by atoms with van der Waals surface area (Å²) in [5.41, 5.74) is 3.98. The molecule has 0 amide bonds. The largest absolute Gasteiger partial charge is 0.493 e. The third-order valence-electron chi connectivity index (χ3n) is 5.24. The average Bonchev–Trinajstić information content (AvgIpc) is 2.94. The molecule has 1 aliphatic carbocycles. The summed E-state index contributed by atoms with van der Waals surface area (Å²) < 4.78 is 11.1. The van der Waals surface area contributed by atoms with E-state index in [-0.39, 0.29) is 0 Å². The average molecular weight is 310 g/mol. The third kappa shape index (κ3) is 2.29. The number of aromatic nitrogens is 1. The van der Waals surface area contributed by atoms with Crippen LogP contribution in [0.4, 0.5) is 0 Å². The van der Waals surface area contributed by atoms with Gasteiger partial charge in [-0.05, 0) is 60.2 Å². The quantitative estimate of drug-likeness (QED) is 0.945. The van der Waals surface area contributed by atoms with Crippen molar-refractivity contribution in [3.63, 3.8) is 0 Å². The monoisotopic (exact) mass is 310 g/mol. The highest BCUT2D eigenvalue weighted by atomic mass is 16.5. The van der Waals surface area contributed by atoms with Gasteiger partial charge in [0.15, 0.2) is 11.5 Å². The number of benzene rings is 1. The number of fused-ring (bicyclic) bond motifs is 3. The van der Waals surface area contributed by atoms with Gasteiger partial charge in [-0.1, -0.05) is 6.07 Å². The van der Waals surface area contributed by atoms with E-state index in [4.69, 9.17) is 9.47 Å². The minimum atomic E-state index is 0.372. The second-order valence-corrected chi connectivity index (χ2v) is 6.34. The molecule has 4 nitrogen and oxygen atoms in total. The van der Waals surface area contributed by atoms with Crippen molar-refractivity contribution in [3.05, 3.63) is 53.3 Å². The molecule has 1 saturated heterocycles. The van der Waals surface area contributed by atoms with E-state index in [0.29, 0.717) is 17.9 Å². The van der Waals surface area contributed by atoms with Crippen molar-refractivity contribution in [1.29, 1.82) is 0 Å². The van der Waals surface area contributed by atoms with E-state index >= 15 is 0 Å². The summed E-state index contributed by atoms with van der Waals surface area (Å²) in [7, 11) is 3.40. The Morgan fingerprint density at radius 1 is 1.13 bits per heavy atom. The molecule has 0 bridgehead atoms. The molecule has 0 radical (unpaired) electrons. The van der Waals surface area contributed by atoms with Gasteiger partial charge in [0.1, 0.15) is 0 Å². The zero-order valence-electron chi connectivity index (χ0n) is 13.6. The van der Waals surface area contributed by atoms with Crippen molar-refractivity contribution in [3.8, 4) is 11.5 Å². The Morgan fingerprint density at radius 2 is 1.91 bits per heavy atom. The highest BCUT2D eigenvalue weighted by molar-refractivity contribution is 5.55. The van der Waals surface area contributed by atoms with Crippen LogP contribution in [0.25, 0.3) is 0 Å². The molecule has 120 valence electrons. The second kappa shape index (κ2) is 5.85. The van der Waals surface area contributed by atoms with Crippen molar-refractivity contribution in [2.75, 3.05) is 20.8 Å². The fourth-order valence-corrected chi connectivity index (χ4v) is 4.28. The maximum absolute atomic E-state index is 5.54. The number of hydrogen-bond donors (Lipinski definition) is 1. The molecule has 1 aromatic heterocycles. The van der Waals surface area contributed by atoms with Gasteiger partial charge in [0.2, 0.25) is 0 Å². The lowest BCUT2D eigenvalue weighted by molar-refractivity contribution is 0.286. The van der Waals surface area contributed by atoms with E-state index in [2.05, 4.69) is 28.5 Å². The topological polar surface area (TPSA) is 43.4 Å². The molecule has 4 heteroatoms. The van der Waals surface area contributed by atoms with Crippen LogP contribution < -0.4 is 14.8 Å². The minimum Gasteiger partial charge on any atom is -0.493 e. The maximum atomic E-state index is 5.54. The van der Waals surface area contributed by atoms with Gasteiger partial charge >= 0.3 is 0 Å². The highest BCUT2D eigenvalue weighted by Gasteiger charge is 2.43. The zero-order chi connectivity index (χ0) is 15.8. The van der Waals surface area contributed by atoms with Crippen molar-refractivity contribution in [1.82, 2.24) is 10.3 Å². The van der Waals surface area contributed by atoms with E-state index in [1.807, 2.05) is 18.5 Å². The first-order valence-electron chi connectivity index (χ1n) is 8.22. The molecule has 2 aromatic rings. The van der Waals surface area contributed by atoms with Gasteiger partial charge in [0.25, 0.3) is 0 Å². The summed E-state index contributed by atoms with van der Waals surface area (Å²) in [6, 6.07) is 8.92. The van der Waals surface area contributed by atoms with E-state index in [1.165, 1.54) is 29.5 Å². The Bertz CT molecular complexity index is 702. The molecule has 1 fully saturated rings. The van der Waals surface area contributed by atoms with Crippen LogP contribution in [0.3, 0.4) is 0 Å². The molecule has 1 aromatic carbocycles. The predicted octanol–water partition coefficient (Wildman–Crippen LogP) is 3.29. The Kier molecular flexibility index (Phi) is 3.69. The van der Waals surface area contributed by atoms with Crippen LogP contribution in [-0.2, 0) is 0 Å². The molecule has 0 spiro atoms. The normalized spacial score (nSPS) is 25.6. The fourth-order valence-electron chi connectivity index (χ4n) is 4.28. The van der Waals surface area contributed by atoms with Gasteiger partial charge in [-0.15, -0.1) is 0 Å². The number of hydrogen-bond acceptors (Lipinski definition) is 4. The first-order valence-corrected chi connectivity index (χ1v) is 8.22. The molecule has 0 unspecified atom stereocenters. The van der Waals surface area contributed by atoms with Crippen LogP contribution in [-0.4, -0.2) is 25.7 Å². The van der Waals surface area contributed by atoms with Crippen LogP contribution >= 0.6 is 0 Å². The zero-order valence-corrected chi connectivity index (χ0v) is 13.6. The van der Waals surface area contributed by atoms with Gasteiger partial charge < -0.3 is 14.8 Å². The Morgan fingerprint density at radius 3 is 2.61 bits per heavy atom. The van der Waals surface area contributed by atoms with E-state index in [9.17, 15) is 0 Å². The molecule has 2 heterocycles. The molecule has 1 N–H and O–H groups in total. The van der Waals surface area contributed by atoms with Crippen molar-refractivity contribution in [2.24, 2.45) is 5.92 Å². The first kappa shape index (κ1) is 14.5. The molecule has 0 saturated carbocycles. The number of nitrogens with one attached hydrogen (secondary N) is 1. The lowest BCUT2D eigenvalue weighted by atomic mass is 9.81. The molecule has 1 aliphatic heterocycles. The van der Waals surface area contributed by atoms with Crippen LogP contribution in [0, 0.1) is 5.92 Å². The van der Waals surface area contributed by atoms with Crippen LogP contribution in [0.1, 0.15) is 41.5 Å². The maximum Gasteiger partial charge on any atom is 0.161 e. The van der Waals surface area contributed by atoms with Crippen molar-refractivity contribution < 1.29 is 9.47 Å². The van der Waals surface area contributed by atoms with Crippen LogP contribution in [0.15, 0.2) is 36.7 Å². The molecule has 4 rings (SSSR count). The minimum absolute atomic E-state index is 0.372. The number of methoxy groups -OCH3 is 2. The Balaban J connectivity index is 1.88. The summed E-state index contributed by atoms with van der Waals surface area (Å²) in [6.07, 6.45) is 6.30. The van der Waals surface area contributed by atoms with E-state index in [0.717, 1.165) is 18.0 Å². The molecule has 3 atom stereocenters. The highest BCUT2D eigenvalue weighted by Crippen LogP contribution is 2.53. The number of nitrogens with zero attached hydrogens (tertiary/aromatic N) is 1. The van der Waals surface area contributed by atoms with Crippen LogP contribution in [0.5, 0.6) is 11.5 Å². The summed E-state index contributed by atoms with van der Waals surface area (Å²) >= 11 is 0. The fraction of sp³-hybridized carbons (Fsp3) is 0.421. The standard InChI is InChI=1S/C19H22N2O2/c1-22-16-9-14-15(10-17(16)23-2)19-13(6-4-8-21-19)18(14)12-5-3-7-20-11-12/h3,5,7,9-11,13,18-19,21H,4,6,8H2,1-2H3/t13-,18-,19-/m0/s1. The second-order valence-electron chi connectivity index (χ2n) is 6.34. The number of rotatable bonds is 3. The molecule has 23 heavy (non-hydrogen) atoms. The van der Waals surface area contributed by atoms with E-state index < -0.39 is 0 Å². The molecular formula is C19H22N2O2. The Hall–Kier alpha value is -2.07. The lowest BCUT2D eigenvalue weighted by Crippen LogP contribution is -2.32. The number of ether oxygens (including phenoxy) is 2. The van der Waals surface area contributed by atoms with Gasteiger partial charge in [0, 0.05) is 24.4 Å². The number of piperidine rings is 1. The summed E-state index contributed by atoms with van der Waals surface area (Å²) in [5.74, 6) is 2.55. The lowest BCUT2D eigenvalue weighted by Gasteiger charge is -2.31. The molecular weight excluding hydrogens is 288 g/mol. The van der Waals surface area contributed by atoms with Crippen LogP contribution in [0.2, 0.25) is 0 Å². The molecule has 2 aliphatic rings. The van der Waals surface area contributed by atoms with Gasteiger partial charge in [-0.25, -0.2) is 0 Å². The van der Waals surface area contributed by atoms with Gasteiger partial charge in [-0.3, -0.25) is 4.98 Å². The first-order chi connectivity index (χ1) is 11.3.